The van der Waals surface area contributed by atoms with Crippen molar-refractivity contribution in [3.63, 3.8) is 0 Å². The molecule has 128 valence electrons. The second-order valence-corrected chi connectivity index (χ2v) is 7.64. The molecule has 1 aliphatic rings. The van der Waals surface area contributed by atoms with Gasteiger partial charge in [-0.2, -0.15) is 0 Å². The third-order valence-electron chi connectivity index (χ3n) is 4.28. The van der Waals surface area contributed by atoms with Gasteiger partial charge in [0, 0.05) is 53.9 Å². The molecule has 23 heavy (non-hydrogen) atoms. The zero-order valence-electron chi connectivity index (χ0n) is 13.4. The van der Waals surface area contributed by atoms with Crippen LogP contribution < -0.4 is 5.32 Å². The van der Waals surface area contributed by atoms with Gasteiger partial charge in [0.1, 0.15) is 11.6 Å². The van der Waals surface area contributed by atoms with Crippen LogP contribution in [0.1, 0.15) is 31.2 Å². The Labute approximate surface area is 137 Å². The molecular formula is C16H22F2N2O2S. The van der Waals surface area contributed by atoms with Gasteiger partial charge >= 0.3 is 6.03 Å². The van der Waals surface area contributed by atoms with Gasteiger partial charge in [-0.15, -0.1) is 0 Å². The van der Waals surface area contributed by atoms with Gasteiger partial charge in [0.15, 0.2) is 0 Å². The maximum atomic E-state index is 13.7. The molecule has 2 rings (SSSR count). The molecule has 4 nitrogen and oxygen atoms in total. The highest BCUT2D eigenvalue weighted by Crippen LogP contribution is 2.19. The minimum Gasteiger partial charge on any atom is -0.337 e. The lowest BCUT2D eigenvalue weighted by molar-refractivity contribution is 0.185. The van der Waals surface area contributed by atoms with Crippen LogP contribution >= 0.6 is 0 Å². The van der Waals surface area contributed by atoms with Gasteiger partial charge in [-0.1, -0.05) is 13.0 Å². The van der Waals surface area contributed by atoms with Crippen LogP contribution in [0.5, 0.6) is 0 Å². The summed E-state index contributed by atoms with van der Waals surface area (Å²) in [6.45, 7) is 2.05. The first-order valence-corrected chi connectivity index (χ1v) is 9.18. The van der Waals surface area contributed by atoms with Gasteiger partial charge in [-0.05, 0) is 24.5 Å². The fourth-order valence-corrected chi connectivity index (χ4v) is 3.98. The van der Waals surface area contributed by atoms with Crippen molar-refractivity contribution in [3.8, 4) is 0 Å². The van der Waals surface area contributed by atoms with Gasteiger partial charge in [-0.3, -0.25) is 4.21 Å². The lowest BCUT2D eigenvalue weighted by Gasteiger charge is -2.31. The molecule has 1 atom stereocenters. The van der Waals surface area contributed by atoms with E-state index in [4.69, 9.17) is 0 Å². The van der Waals surface area contributed by atoms with E-state index in [1.807, 2.05) is 0 Å². The zero-order chi connectivity index (χ0) is 17.0. The molecule has 1 aromatic carbocycles. The van der Waals surface area contributed by atoms with Crippen molar-refractivity contribution in [1.29, 1.82) is 0 Å². The number of carbonyl (C=O) groups is 1. The summed E-state index contributed by atoms with van der Waals surface area (Å²) in [5.74, 6) is -0.225. The lowest BCUT2D eigenvalue weighted by Crippen LogP contribution is -2.46. The van der Waals surface area contributed by atoms with Crippen molar-refractivity contribution < 1.29 is 17.8 Å². The third-order valence-corrected chi connectivity index (χ3v) is 5.66. The number of amides is 2. The number of urea groups is 1. The van der Waals surface area contributed by atoms with Gasteiger partial charge in [0.2, 0.25) is 0 Å². The van der Waals surface area contributed by atoms with E-state index in [0.29, 0.717) is 17.1 Å². The van der Waals surface area contributed by atoms with Gasteiger partial charge in [-0.25, -0.2) is 13.6 Å². The molecule has 0 spiro atoms. The van der Waals surface area contributed by atoms with E-state index in [-0.39, 0.29) is 24.5 Å². The van der Waals surface area contributed by atoms with E-state index < -0.39 is 22.4 Å². The average Bonchev–Trinajstić information content (AvgIpc) is 2.52. The summed E-state index contributed by atoms with van der Waals surface area (Å²) in [6.07, 6.45) is 1.47. The smallest absolute Gasteiger partial charge is 0.317 e. The number of nitrogens with one attached hydrogen (secondary N) is 1. The van der Waals surface area contributed by atoms with Crippen LogP contribution in [-0.2, 0) is 10.8 Å². The van der Waals surface area contributed by atoms with Crippen LogP contribution in [0.4, 0.5) is 13.6 Å². The van der Waals surface area contributed by atoms with Crippen LogP contribution in [-0.4, -0.2) is 46.3 Å². The topological polar surface area (TPSA) is 49.4 Å². The Morgan fingerprint density at radius 2 is 2.04 bits per heavy atom. The van der Waals surface area contributed by atoms with Gasteiger partial charge in [0.25, 0.3) is 0 Å². The third kappa shape index (κ3) is 4.73. The lowest BCUT2D eigenvalue weighted by atomic mass is 10.0. The van der Waals surface area contributed by atoms with E-state index >= 15 is 0 Å². The van der Waals surface area contributed by atoms with Crippen molar-refractivity contribution >= 4 is 16.8 Å². The fourth-order valence-electron chi connectivity index (χ4n) is 2.71. The van der Waals surface area contributed by atoms with E-state index in [1.54, 1.807) is 18.9 Å². The van der Waals surface area contributed by atoms with Crippen molar-refractivity contribution in [2.45, 2.75) is 31.7 Å². The number of rotatable bonds is 4. The monoisotopic (exact) mass is 344 g/mol. The molecule has 7 heteroatoms. The molecule has 2 amide bonds. The first kappa shape index (κ1) is 17.8. The highest BCUT2D eigenvalue weighted by Gasteiger charge is 2.25. The maximum Gasteiger partial charge on any atom is 0.317 e. The summed E-state index contributed by atoms with van der Waals surface area (Å²) < 4.78 is 38.0. The molecular weight excluding hydrogens is 322 g/mol. The summed E-state index contributed by atoms with van der Waals surface area (Å²) in [5.41, 5.74) is 0.377. The van der Waals surface area contributed by atoms with E-state index in [2.05, 4.69) is 5.32 Å². The number of carbonyl (C=O) groups excluding carboxylic acids is 1. The largest absolute Gasteiger partial charge is 0.337 e. The summed E-state index contributed by atoms with van der Waals surface area (Å²) in [7, 11) is 0.958. The highest BCUT2D eigenvalue weighted by atomic mass is 32.2. The van der Waals surface area contributed by atoms with Crippen LogP contribution in [0, 0.1) is 11.6 Å². The molecule has 0 aliphatic carbocycles. The Kier molecular flexibility index (Phi) is 6.10. The van der Waals surface area contributed by atoms with Crippen molar-refractivity contribution in [2.75, 3.05) is 25.1 Å². The number of halogens is 2. The predicted molar refractivity (Wildman–Crippen MR) is 86.8 cm³/mol. The second kappa shape index (κ2) is 7.86. The molecule has 0 radical (unpaired) electrons. The molecule has 0 bridgehead atoms. The summed E-state index contributed by atoms with van der Waals surface area (Å²) in [5, 5.41) is 2.78. The predicted octanol–water partition coefficient (Wildman–Crippen LogP) is 2.62. The molecule has 1 fully saturated rings. The van der Waals surface area contributed by atoms with Crippen LogP contribution in [0.15, 0.2) is 18.2 Å². The molecule has 1 heterocycles. The number of hydrogen-bond donors (Lipinski definition) is 1. The quantitative estimate of drug-likeness (QED) is 0.913. The van der Waals surface area contributed by atoms with Crippen molar-refractivity contribution in [3.05, 3.63) is 35.4 Å². The van der Waals surface area contributed by atoms with E-state index in [1.165, 1.54) is 12.1 Å². The first-order chi connectivity index (χ1) is 10.9. The SMILES string of the molecule is C[C@@H](CNC(=O)N(C)C1CCS(=O)CC1)c1ccc(F)cc1F. The molecule has 0 saturated carbocycles. The summed E-state index contributed by atoms with van der Waals surface area (Å²) in [6, 6.07) is 3.33. The number of nitrogens with zero attached hydrogens (tertiary/aromatic N) is 1. The number of hydrogen-bond acceptors (Lipinski definition) is 2. The fraction of sp³-hybridized carbons (Fsp3) is 0.562. The van der Waals surface area contributed by atoms with Crippen LogP contribution in [0.25, 0.3) is 0 Å². The molecule has 1 saturated heterocycles. The zero-order valence-corrected chi connectivity index (χ0v) is 14.2. The van der Waals surface area contributed by atoms with Gasteiger partial charge < -0.3 is 10.2 Å². The molecule has 1 aliphatic heterocycles. The minimum atomic E-state index is -0.762. The van der Waals surface area contributed by atoms with E-state index in [0.717, 1.165) is 18.9 Å². The highest BCUT2D eigenvalue weighted by molar-refractivity contribution is 7.85. The molecule has 1 N–H and O–H groups in total. The Morgan fingerprint density at radius 3 is 2.65 bits per heavy atom. The Balaban J connectivity index is 1.86. The second-order valence-electron chi connectivity index (χ2n) is 5.94. The van der Waals surface area contributed by atoms with E-state index in [9.17, 15) is 17.8 Å². The molecule has 0 aromatic heterocycles. The minimum absolute atomic E-state index is 0.0885. The average molecular weight is 344 g/mol. The van der Waals surface area contributed by atoms with Crippen LogP contribution in [0.2, 0.25) is 0 Å². The van der Waals surface area contributed by atoms with Gasteiger partial charge in [0.05, 0.1) is 0 Å². The van der Waals surface area contributed by atoms with Crippen molar-refractivity contribution in [1.82, 2.24) is 10.2 Å². The standard InChI is InChI=1S/C16H22F2N2O2S/c1-11(14-4-3-12(17)9-15(14)18)10-19-16(21)20(2)13-5-7-23(22)8-6-13/h3-4,9,11,13H,5-8,10H2,1-2H3,(H,19,21)/t11-,13?,23?/m0/s1. The number of benzene rings is 1. The molecule has 0 unspecified atom stereocenters. The molecule has 1 aromatic rings. The summed E-state index contributed by atoms with van der Waals surface area (Å²) >= 11 is 0. The Bertz CT molecular complexity index is 587. The van der Waals surface area contributed by atoms with Crippen molar-refractivity contribution in [2.24, 2.45) is 0 Å². The Hall–Kier alpha value is -1.50. The normalized spacial score (nSPS) is 22.4. The Morgan fingerprint density at radius 1 is 1.39 bits per heavy atom. The first-order valence-electron chi connectivity index (χ1n) is 7.69. The van der Waals surface area contributed by atoms with Crippen LogP contribution in [0.3, 0.4) is 0 Å². The summed E-state index contributed by atoms with van der Waals surface area (Å²) in [4.78, 5) is 13.8. The maximum absolute atomic E-state index is 13.7.